The van der Waals surface area contributed by atoms with Crippen LogP contribution in [0, 0.1) is 12.8 Å². The average molecular weight is 269 g/mol. The molecule has 0 bridgehead atoms. The van der Waals surface area contributed by atoms with Crippen LogP contribution < -0.4 is 0 Å². The van der Waals surface area contributed by atoms with Crippen molar-refractivity contribution in [2.45, 2.75) is 103 Å². The highest BCUT2D eigenvalue weighted by Gasteiger charge is 2.01. The Bertz CT molecular complexity index is 165. The molecule has 0 aromatic rings. The van der Waals surface area contributed by atoms with Crippen molar-refractivity contribution in [1.29, 1.82) is 0 Å². The van der Waals surface area contributed by atoms with E-state index in [9.17, 15) is 5.11 Å². The minimum absolute atomic E-state index is 0.0987. The van der Waals surface area contributed by atoms with E-state index in [4.69, 9.17) is 0 Å². The van der Waals surface area contributed by atoms with Crippen molar-refractivity contribution in [2.75, 3.05) is 0 Å². The van der Waals surface area contributed by atoms with E-state index in [1.54, 1.807) is 0 Å². The SMILES string of the molecule is [CH2]CCC(O)CCCCCCCCCCCC(C)C. The smallest absolute Gasteiger partial charge is 0.0540 e. The molecule has 1 unspecified atom stereocenters. The van der Waals surface area contributed by atoms with E-state index in [2.05, 4.69) is 20.8 Å². The Balaban J connectivity index is 3.03. The Kier molecular flexibility index (Phi) is 14.3. The lowest BCUT2D eigenvalue weighted by atomic mass is 10.0. The van der Waals surface area contributed by atoms with Crippen LogP contribution in [0.4, 0.5) is 0 Å². The number of aliphatic hydroxyl groups excluding tert-OH is 1. The molecule has 0 heterocycles. The van der Waals surface area contributed by atoms with E-state index in [1.165, 1.54) is 64.2 Å². The van der Waals surface area contributed by atoms with Crippen molar-refractivity contribution < 1.29 is 5.11 Å². The van der Waals surface area contributed by atoms with Gasteiger partial charge in [0.1, 0.15) is 0 Å². The van der Waals surface area contributed by atoms with Gasteiger partial charge in [0, 0.05) is 0 Å². The van der Waals surface area contributed by atoms with Gasteiger partial charge in [0.05, 0.1) is 6.10 Å². The van der Waals surface area contributed by atoms with Crippen LogP contribution in [0.25, 0.3) is 0 Å². The first-order chi connectivity index (χ1) is 9.16. The second kappa shape index (κ2) is 14.4. The Hall–Kier alpha value is -0.0400. The Morgan fingerprint density at radius 2 is 1.11 bits per heavy atom. The number of rotatable bonds is 14. The first kappa shape index (κ1) is 19.0. The van der Waals surface area contributed by atoms with Crippen LogP contribution in [-0.2, 0) is 0 Å². The fourth-order valence-corrected chi connectivity index (χ4v) is 2.55. The predicted octanol–water partition coefficient (Wildman–Crippen LogP) is 5.91. The number of aliphatic hydroxyl groups is 1. The molecule has 0 rings (SSSR count). The number of hydrogen-bond acceptors (Lipinski definition) is 1. The van der Waals surface area contributed by atoms with Gasteiger partial charge in [-0.15, -0.1) is 0 Å². The van der Waals surface area contributed by atoms with Crippen LogP contribution in [0.15, 0.2) is 0 Å². The lowest BCUT2D eigenvalue weighted by molar-refractivity contribution is 0.152. The molecule has 0 amide bonds. The summed E-state index contributed by atoms with van der Waals surface area (Å²) in [6.07, 6.45) is 16.3. The third-order valence-corrected chi connectivity index (χ3v) is 3.86. The molecule has 115 valence electrons. The molecule has 1 atom stereocenters. The van der Waals surface area contributed by atoms with Gasteiger partial charge in [-0.25, -0.2) is 0 Å². The summed E-state index contributed by atoms with van der Waals surface area (Å²) >= 11 is 0. The van der Waals surface area contributed by atoms with Crippen molar-refractivity contribution in [1.82, 2.24) is 0 Å². The van der Waals surface area contributed by atoms with E-state index >= 15 is 0 Å². The molecule has 1 radical (unpaired) electrons. The maximum absolute atomic E-state index is 9.57. The second-order valence-electron chi connectivity index (χ2n) is 6.45. The van der Waals surface area contributed by atoms with Gasteiger partial charge in [0.15, 0.2) is 0 Å². The highest BCUT2D eigenvalue weighted by Crippen LogP contribution is 2.14. The maximum atomic E-state index is 9.57. The molecule has 0 aliphatic carbocycles. The van der Waals surface area contributed by atoms with E-state index in [0.29, 0.717) is 0 Å². The molecule has 1 heteroatoms. The minimum Gasteiger partial charge on any atom is -0.393 e. The molecule has 0 aliphatic heterocycles. The summed E-state index contributed by atoms with van der Waals surface area (Å²) in [6, 6.07) is 0. The molecule has 1 nitrogen and oxygen atoms in total. The maximum Gasteiger partial charge on any atom is 0.0540 e. The van der Waals surface area contributed by atoms with Crippen molar-refractivity contribution in [3.63, 3.8) is 0 Å². The van der Waals surface area contributed by atoms with Gasteiger partial charge in [-0.1, -0.05) is 91.4 Å². The van der Waals surface area contributed by atoms with Crippen molar-refractivity contribution in [3.8, 4) is 0 Å². The van der Waals surface area contributed by atoms with Gasteiger partial charge in [-0.2, -0.15) is 0 Å². The molecule has 0 aromatic carbocycles. The minimum atomic E-state index is -0.0987. The first-order valence-electron chi connectivity index (χ1n) is 8.64. The summed E-state index contributed by atoms with van der Waals surface area (Å²) in [7, 11) is 0. The van der Waals surface area contributed by atoms with Crippen LogP contribution in [0.3, 0.4) is 0 Å². The zero-order valence-electron chi connectivity index (χ0n) is 13.5. The van der Waals surface area contributed by atoms with Crippen molar-refractivity contribution in [2.24, 2.45) is 5.92 Å². The Morgan fingerprint density at radius 3 is 1.53 bits per heavy atom. The van der Waals surface area contributed by atoms with Gasteiger partial charge < -0.3 is 5.11 Å². The fraction of sp³-hybridized carbons (Fsp3) is 0.944. The third-order valence-electron chi connectivity index (χ3n) is 3.86. The molecule has 0 aromatic heterocycles. The summed E-state index contributed by atoms with van der Waals surface area (Å²) in [6.45, 7) is 8.40. The monoisotopic (exact) mass is 269 g/mol. The fourth-order valence-electron chi connectivity index (χ4n) is 2.55. The summed E-state index contributed by atoms with van der Waals surface area (Å²) in [4.78, 5) is 0. The normalized spacial score (nSPS) is 13.1. The molecule has 1 N–H and O–H groups in total. The molecule has 0 saturated heterocycles. The van der Waals surface area contributed by atoms with Gasteiger partial charge in [-0.05, 0) is 18.8 Å². The Morgan fingerprint density at radius 1 is 0.684 bits per heavy atom. The summed E-state index contributed by atoms with van der Waals surface area (Å²) in [5, 5.41) is 9.57. The van der Waals surface area contributed by atoms with Gasteiger partial charge in [0.2, 0.25) is 0 Å². The highest BCUT2D eigenvalue weighted by atomic mass is 16.3. The molecule has 19 heavy (non-hydrogen) atoms. The van der Waals surface area contributed by atoms with E-state index in [0.717, 1.165) is 25.2 Å². The summed E-state index contributed by atoms with van der Waals surface area (Å²) in [5.41, 5.74) is 0. The predicted molar refractivity (Wildman–Crippen MR) is 86.2 cm³/mol. The summed E-state index contributed by atoms with van der Waals surface area (Å²) in [5.74, 6) is 0.874. The molecule has 0 spiro atoms. The van der Waals surface area contributed by atoms with E-state index < -0.39 is 0 Å². The van der Waals surface area contributed by atoms with E-state index in [1.807, 2.05) is 0 Å². The molecular weight excluding hydrogens is 232 g/mol. The largest absolute Gasteiger partial charge is 0.393 e. The zero-order valence-corrected chi connectivity index (χ0v) is 13.5. The summed E-state index contributed by atoms with van der Waals surface area (Å²) < 4.78 is 0. The first-order valence-corrected chi connectivity index (χ1v) is 8.64. The average Bonchev–Trinajstić information content (AvgIpc) is 2.36. The zero-order chi connectivity index (χ0) is 14.3. The van der Waals surface area contributed by atoms with Crippen molar-refractivity contribution >= 4 is 0 Å². The van der Waals surface area contributed by atoms with Gasteiger partial charge in [0.25, 0.3) is 0 Å². The quantitative estimate of drug-likeness (QED) is 0.389. The standard InChI is InChI=1S/C18H37O/c1-4-14-18(19)16-13-11-9-7-5-6-8-10-12-15-17(2)3/h17-19H,1,4-16H2,2-3H3. The topological polar surface area (TPSA) is 20.2 Å². The van der Waals surface area contributed by atoms with Crippen LogP contribution >= 0.6 is 0 Å². The second-order valence-corrected chi connectivity index (χ2v) is 6.45. The molecule has 0 fully saturated rings. The molecular formula is C18H37O. The van der Waals surface area contributed by atoms with Gasteiger partial charge >= 0.3 is 0 Å². The highest BCUT2D eigenvalue weighted by molar-refractivity contribution is 4.57. The lowest BCUT2D eigenvalue weighted by Crippen LogP contribution is -2.04. The van der Waals surface area contributed by atoms with Crippen LogP contribution in [0.1, 0.15) is 97.3 Å². The Labute approximate surface area is 122 Å². The van der Waals surface area contributed by atoms with E-state index in [-0.39, 0.29) is 6.10 Å². The third kappa shape index (κ3) is 15.9. The number of unbranched alkanes of at least 4 members (excludes halogenated alkanes) is 8. The molecule has 0 saturated carbocycles. The lowest BCUT2D eigenvalue weighted by Gasteiger charge is -2.08. The van der Waals surface area contributed by atoms with Crippen LogP contribution in [-0.4, -0.2) is 11.2 Å². The van der Waals surface area contributed by atoms with Gasteiger partial charge in [-0.3, -0.25) is 0 Å². The number of hydrogen-bond donors (Lipinski definition) is 1. The van der Waals surface area contributed by atoms with Crippen molar-refractivity contribution in [3.05, 3.63) is 6.92 Å². The van der Waals surface area contributed by atoms with Crippen LogP contribution in [0.2, 0.25) is 0 Å². The molecule has 0 aliphatic rings. The van der Waals surface area contributed by atoms with Crippen LogP contribution in [0.5, 0.6) is 0 Å².